The highest BCUT2D eigenvalue weighted by atomic mass is 19.2. The molecule has 0 aliphatic heterocycles. The number of halogens is 2. The lowest BCUT2D eigenvalue weighted by atomic mass is 9.96. The SMILES string of the molecule is CCCc1ccc(-c2ccc(-c3ccc(CC4CC4)cc3)c(F)c2F)cc1. The van der Waals surface area contributed by atoms with Gasteiger partial charge < -0.3 is 0 Å². The normalized spacial score (nSPS) is 13.7. The third kappa shape index (κ3) is 3.95. The predicted molar refractivity (Wildman–Crippen MR) is 108 cm³/mol. The fraction of sp³-hybridized carbons (Fsp3) is 0.280. The maximum Gasteiger partial charge on any atom is 0.167 e. The second-order valence-electron chi connectivity index (χ2n) is 7.58. The van der Waals surface area contributed by atoms with Gasteiger partial charge in [-0.3, -0.25) is 0 Å². The number of hydrogen-bond acceptors (Lipinski definition) is 0. The molecule has 1 aliphatic rings. The molecule has 0 bridgehead atoms. The minimum Gasteiger partial charge on any atom is -0.203 e. The highest BCUT2D eigenvalue weighted by Gasteiger charge is 2.21. The molecule has 0 spiro atoms. The van der Waals surface area contributed by atoms with E-state index < -0.39 is 11.6 Å². The maximum atomic E-state index is 14.8. The van der Waals surface area contributed by atoms with Crippen LogP contribution in [-0.2, 0) is 12.8 Å². The number of hydrogen-bond donors (Lipinski definition) is 0. The van der Waals surface area contributed by atoms with E-state index in [2.05, 4.69) is 6.92 Å². The standard InChI is InChI=1S/C25H24F2/c1-2-3-17-6-10-20(11-7-17)22-14-15-23(25(27)24(22)26)21-12-8-19(9-13-21)16-18-4-5-18/h6-15,18H,2-5,16H2,1H3. The second kappa shape index (κ2) is 7.64. The van der Waals surface area contributed by atoms with Gasteiger partial charge in [-0.2, -0.15) is 0 Å². The van der Waals surface area contributed by atoms with Crippen molar-refractivity contribution in [3.05, 3.63) is 83.4 Å². The summed E-state index contributed by atoms with van der Waals surface area (Å²) in [6.07, 6.45) is 5.76. The monoisotopic (exact) mass is 362 g/mol. The highest BCUT2D eigenvalue weighted by Crippen LogP contribution is 2.34. The van der Waals surface area contributed by atoms with Crippen molar-refractivity contribution in [2.75, 3.05) is 0 Å². The smallest absolute Gasteiger partial charge is 0.167 e. The number of aryl methyl sites for hydroxylation is 1. The molecular formula is C25H24F2. The van der Waals surface area contributed by atoms with Gasteiger partial charge in [0.25, 0.3) is 0 Å². The summed E-state index contributed by atoms with van der Waals surface area (Å²) in [5.41, 5.74) is 4.53. The quantitative estimate of drug-likeness (QED) is 0.435. The van der Waals surface area contributed by atoms with E-state index >= 15 is 0 Å². The van der Waals surface area contributed by atoms with Gasteiger partial charge in [0.15, 0.2) is 11.6 Å². The van der Waals surface area contributed by atoms with E-state index in [9.17, 15) is 8.78 Å². The van der Waals surface area contributed by atoms with Gasteiger partial charge in [0, 0.05) is 11.1 Å². The minimum atomic E-state index is -0.780. The van der Waals surface area contributed by atoms with Crippen LogP contribution in [0.5, 0.6) is 0 Å². The Bertz CT molecular complexity index is 920. The molecule has 138 valence electrons. The lowest BCUT2D eigenvalue weighted by Crippen LogP contribution is -1.95. The third-order valence-electron chi connectivity index (χ3n) is 5.37. The minimum absolute atomic E-state index is 0.310. The molecule has 0 heterocycles. The summed E-state index contributed by atoms with van der Waals surface area (Å²) in [5, 5.41) is 0. The summed E-state index contributed by atoms with van der Waals surface area (Å²) in [4.78, 5) is 0. The number of rotatable bonds is 6. The summed E-state index contributed by atoms with van der Waals surface area (Å²) in [6.45, 7) is 2.13. The van der Waals surface area contributed by atoms with Crippen LogP contribution in [0.3, 0.4) is 0 Å². The molecule has 0 saturated heterocycles. The Morgan fingerprint density at radius 2 is 1.19 bits per heavy atom. The highest BCUT2D eigenvalue weighted by molar-refractivity contribution is 5.72. The van der Waals surface area contributed by atoms with Gasteiger partial charge in [0.2, 0.25) is 0 Å². The molecule has 0 amide bonds. The largest absolute Gasteiger partial charge is 0.203 e. The van der Waals surface area contributed by atoms with Crippen LogP contribution in [0.4, 0.5) is 8.78 Å². The molecule has 0 atom stereocenters. The van der Waals surface area contributed by atoms with Gasteiger partial charge in [-0.05, 0) is 53.9 Å². The lowest BCUT2D eigenvalue weighted by molar-refractivity contribution is 0.514. The first kappa shape index (κ1) is 17.9. The molecule has 1 saturated carbocycles. The molecular weight excluding hydrogens is 338 g/mol. The molecule has 0 N–H and O–H groups in total. The molecule has 0 nitrogen and oxygen atoms in total. The molecule has 1 fully saturated rings. The van der Waals surface area contributed by atoms with E-state index in [1.165, 1.54) is 24.0 Å². The van der Waals surface area contributed by atoms with Crippen molar-refractivity contribution in [3.8, 4) is 22.3 Å². The van der Waals surface area contributed by atoms with Crippen molar-refractivity contribution in [1.82, 2.24) is 0 Å². The molecule has 3 aromatic carbocycles. The molecule has 0 aromatic heterocycles. The van der Waals surface area contributed by atoms with Gasteiger partial charge >= 0.3 is 0 Å². The van der Waals surface area contributed by atoms with Crippen LogP contribution in [0, 0.1) is 17.6 Å². The summed E-state index contributed by atoms with van der Waals surface area (Å²) in [5.74, 6) is -0.745. The zero-order chi connectivity index (χ0) is 18.8. The Hall–Kier alpha value is -2.48. The van der Waals surface area contributed by atoms with Crippen LogP contribution in [0.1, 0.15) is 37.3 Å². The molecule has 0 radical (unpaired) electrons. The Morgan fingerprint density at radius 1 is 0.704 bits per heavy atom. The van der Waals surface area contributed by atoms with Crippen molar-refractivity contribution in [2.24, 2.45) is 5.92 Å². The zero-order valence-corrected chi connectivity index (χ0v) is 15.6. The van der Waals surface area contributed by atoms with Crippen molar-refractivity contribution in [2.45, 2.75) is 39.0 Å². The first-order valence-electron chi connectivity index (χ1n) is 9.82. The molecule has 2 heteroatoms. The Kier molecular flexibility index (Phi) is 5.07. The first-order valence-corrected chi connectivity index (χ1v) is 9.82. The van der Waals surface area contributed by atoms with E-state index in [0.717, 1.165) is 30.7 Å². The average molecular weight is 362 g/mol. The molecule has 3 aromatic rings. The van der Waals surface area contributed by atoms with E-state index in [1.807, 2.05) is 48.5 Å². The predicted octanol–water partition coefficient (Wildman–Crippen LogP) is 7.20. The van der Waals surface area contributed by atoms with Crippen LogP contribution >= 0.6 is 0 Å². The lowest BCUT2D eigenvalue weighted by Gasteiger charge is -2.10. The van der Waals surface area contributed by atoms with Gasteiger partial charge in [-0.25, -0.2) is 8.78 Å². The Balaban J connectivity index is 1.61. The van der Waals surface area contributed by atoms with E-state index in [4.69, 9.17) is 0 Å². The van der Waals surface area contributed by atoms with Gasteiger partial charge in [-0.1, -0.05) is 74.0 Å². The average Bonchev–Trinajstić information content (AvgIpc) is 3.50. The molecule has 27 heavy (non-hydrogen) atoms. The fourth-order valence-electron chi connectivity index (χ4n) is 3.61. The van der Waals surface area contributed by atoms with E-state index in [1.54, 1.807) is 12.1 Å². The van der Waals surface area contributed by atoms with Crippen molar-refractivity contribution in [1.29, 1.82) is 0 Å². The fourth-order valence-corrected chi connectivity index (χ4v) is 3.61. The Morgan fingerprint density at radius 3 is 1.63 bits per heavy atom. The topological polar surface area (TPSA) is 0 Å². The number of benzene rings is 3. The van der Waals surface area contributed by atoms with Crippen LogP contribution in [0.25, 0.3) is 22.3 Å². The van der Waals surface area contributed by atoms with Crippen LogP contribution in [0.2, 0.25) is 0 Å². The summed E-state index contributed by atoms with van der Waals surface area (Å²) in [6, 6.07) is 18.9. The zero-order valence-electron chi connectivity index (χ0n) is 15.6. The van der Waals surface area contributed by atoms with Crippen molar-refractivity contribution >= 4 is 0 Å². The van der Waals surface area contributed by atoms with Gasteiger partial charge in [0.05, 0.1) is 0 Å². The molecule has 0 unspecified atom stereocenters. The van der Waals surface area contributed by atoms with Crippen LogP contribution in [-0.4, -0.2) is 0 Å². The van der Waals surface area contributed by atoms with E-state index in [-0.39, 0.29) is 0 Å². The summed E-state index contributed by atoms with van der Waals surface area (Å²) < 4.78 is 29.5. The van der Waals surface area contributed by atoms with Crippen LogP contribution < -0.4 is 0 Å². The first-order chi connectivity index (χ1) is 13.2. The maximum absolute atomic E-state index is 14.8. The summed E-state index contributed by atoms with van der Waals surface area (Å²) >= 11 is 0. The van der Waals surface area contributed by atoms with Gasteiger partial charge in [0.1, 0.15) is 0 Å². The van der Waals surface area contributed by atoms with Gasteiger partial charge in [-0.15, -0.1) is 0 Å². The third-order valence-corrected chi connectivity index (χ3v) is 5.37. The molecule has 4 rings (SSSR count). The van der Waals surface area contributed by atoms with Crippen LogP contribution in [0.15, 0.2) is 60.7 Å². The van der Waals surface area contributed by atoms with Crippen molar-refractivity contribution < 1.29 is 8.78 Å². The summed E-state index contributed by atoms with van der Waals surface area (Å²) in [7, 11) is 0. The second-order valence-corrected chi connectivity index (χ2v) is 7.58. The van der Waals surface area contributed by atoms with E-state index in [0.29, 0.717) is 16.7 Å². The molecule has 1 aliphatic carbocycles. The Labute approximate surface area is 159 Å². The van der Waals surface area contributed by atoms with Crippen molar-refractivity contribution in [3.63, 3.8) is 0 Å².